The van der Waals surface area contributed by atoms with E-state index in [0.717, 1.165) is 24.9 Å². The Balaban J connectivity index is 1.72. The van der Waals surface area contributed by atoms with Crippen molar-refractivity contribution in [1.82, 2.24) is 5.32 Å². The van der Waals surface area contributed by atoms with Gasteiger partial charge >= 0.3 is 5.91 Å². The summed E-state index contributed by atoms with van der Waals surface area (Å²) in [5, 5.41) is 3.68. The highest BCUT2D eigenvalue weighted by Gasteiger charge is 2.20. The van der Waals surface area contributed by atoms with Gasteiger partial charge in [-0.15, -0.1) is 0 Å². The number of aromatic nitrogens is 1. The Labute approximate surface area is 212 Å². The highest BCUT2D eigenvalue weighted by atomic mass is 35.5. The van der Waals surface area contributed by atoms with Crippen LogP contribution in [0.4, 0.5) is 0 Å². The van der Waals surface area contributed by atoms with E-state index in [0.29, 0.717) is 23.1 Å². The molecule has 2 rings (SSSR count). The highest BCUT2D eigenvalue weighted by molar-refractivity contribution is 6.32. The number of amides is 1. The van der Waals surface area contributed by atoms with Crippen molar-refractivity contribution >= 4 is 17.5 Å². The number of hydrogen-bond donors (Lipinski definition) is 1. The van der Waals surface area contributed by atoms with Gasteiger partial charge in [-0.3, -0.25) is 4.79 Å². The first-order valence-electron chi connectivity index (χ1n) is 13.3. The van der Waals surface area contributed by atoms with E-state index in [1.165, 1.54) is 57.8 Å². The van der Waals surface area contributed by atoms with Crippen molar-refractivity contribution in [1.29, 1.82) is 0 Å². The van der Waals surface area contributed by atoms with Gasteiger partial charge in [0.25, 0.3) is 5.69 Å². The Morgan fingerprint density at radius 1 is 0.941 bits per heavy atom. The van der Waals surface area contributed by atoms with Crippen LogP contribution >= 0.6 is 11.6 Å². The number of carbonyl (C=O) groups is 1. The quantitative estimate of drug-likeness (QED) is 0.182. The minimum Gasteiger partial charge on any atom is -0.492 e. The lowest BCUT2D eigenvalue weighted by atomic mass is 10.1. The zero-order chi connectivity index (χ0) is 24.6. The molecule has 0 spiro atoms. The summed E-state index contributed by atoms with van der Waals surface area (Å²) in [5.74, 6) is 0.627. The Morgan fingerprint density at radius 2 is 1.62 bits per heavy atom. The smallest absolute Gasteiger partial charge is 0.316 e. The minimum atomic E-state index is -0.156. The molecule has 188 valence electrons. The number of aryl methyl sites for hydroxylation is 1. The van der Waals surface area contributed by atoms with Crippen molar-refractivity contribution in [2.45, 2.75) is 104 Å². The van der Waals surface area contributed by atoms with Gasteiger partial charge in [0.1, 0.15) is 12.3 Å². The van der Waals surface area contributed by atoms with Crippen LogP contribution in [0.15, 0.2) is 42.6 Å². The van der Waals surface area contributed by atoms with Gasteiger partial charge in [0, 0.05) is 18.6 Å². The van der Waals surface area contributed by atoms with Gasteiger partial charge in [0.05, 0.1) is 17.7 Å². The molecule has 0 fully saturated rings. The van der Waals surface area contributed by atoms with E-state index >= 15 is 0 Å². The maximum Gasteiger partial charge on any atom is 0.316 e. The third-order valence-corrected chi connectivity index (χ3v) is 6.49. The topological polar surface area (TPSA) is 42.2 Å². The maximum absolute atomic E-state index is 12.8. The number of benzene rings is 1. The molecule has 0 saturated heterocycles. The van der Waals surface area contributed by atoms with Crippen LogP contribution in [-0.2, 0) is 6.54 Å². The molecule has 0 radical (unpaired) electrons. The van der Waals surface area contributed by atoms with E-state index < -0.39 is 0 Å². The van der Waals surface area contributed by atoms with Crippen molar-refractivity contribution in [3.63, 3.8) is 0 Å². The minimum absolute atomic E-state index is 0.0843. The second-order valence-electron chi connectivity index (χ2n) is 9.19. The Kier molecular flexibility index (Phi) is 13.7. The second kappa shape index (κ2) is 16.5. The molecule has 0 aliphatic heterocycles. The number of halogens is 1. The third kappa shape index (κ3) is 10.0. The molecule has 1 heterocycles. The predicted octanol–water partition coefficient (Wildman–Crippen LogP) is 7.83. The number of carbonyl (C=O) groups excluding carboxylic acids is 1. The Hall–Kier alpha value is -2.07. The molecule has 5 heteroatoms. The summed E-state index contributed by atoms with van der Waals surface area (Å²) in [4.78, 5) is 12.8. The summed E-state index contributed by atoms with van der Waals surface area (Å²) in [5.41, 5.74) is 1.63. The molecule has 1 aromatic heterocycles. The van der Waals surface area contributed by atoms with Crippen molar-refractivity contribution in [3.05, 3.63) is 58.9 Å². The molecule has 4 nitrogen and oxygen atoms in total. The first-order valence-corrected chi connectivity index (χ1v) is 13.7. The highest BCUT2D eigenvalue weighted by Crippen LogP contribution is 2.28. The van der Waals surface area contributed by atoms with Crippen LogP contribution in [0.5, 0.6) is 5.75 Å². The van der Waals surface area contributed by atoms with E-state index in [1.54, 1.807) is 0 Å². The van der Waals surface area contributed by atoms with Crippen LogP contribution < -0.4 is 14.6 Å². The summed E-state index contributed by atoms with van der Waals surface area (Å²) in [7, 11) is 0. The molecule has 1 amide bonds. The van der Waals surface area contributed by atoms with Gasteiger partial charge in [0.2, 0.25) is 0 Å². The van der Waals surface area contributed by atoms with E-state index in [2.05, 4.69) is 19.2 Å². The molecule has 1 aromatic carbocycles. The van der Waals surface area contributed by atoms with Gasteiger partial charge in [-0.2, -0.15) is 4.57 Å². The summed E-state index contributed by atoms with van der Waals surface area (Å²) in [6.07, 6.45) is 16.0. The monoisotopic (exact) mass is 487 g/mol. The number of hydrogen-bond acceptors (Lipinski definition) is 2. The molecule has 0 bridgehead atoms. The van der Waals surface area contributed by atoms with E-state index in [-0.39, 0.29) is 11.9 Å². The molecule has 0 saturated carbocycles. The number of pyridine rings is 1. The van der Waals surface area contributed by atoms with E-state index in [9.17, 15) is 4.79 Å². The van der Waals surface area contributed by atoms with Gasteiger partial charge in [-0.05, 0) is 37.1 Å². The van der Waals surface area contributed by atoms with Crippen molar-refractivity contribution < 1.29 is 14.1 Å². The molecular weight excluding hydrogens is 444 g/mol. The van der Waals surface area contributed by atoms with E-state index in [4.69, 9.17) is 16.3 Å². The fraction of sp³-hybridized carbons (Fsp3) is 0.586. The van der Waals surface area contributed by atoms with Crippen LogP contribution in [0.25, 0.3) is 0 Å². The molecular formula is C29H44ClN2O2+. The maximum atomic E-state index is 12.8. The molecule has 1 N–H and O–H groups in total. The lowest BCUT2D eigenvalue weighted by Crippen LogP contribution is -2.43. The first kappa shape index (κ1) is 28.2. The van der Waals surface area contributed by atoms with Crippen LogP contribution in [0.3, 0.4) is 0 Å². The van der Waals surface area contributed by atoms with Gasteiger partial charge in [-0.25, -0.2) is 0 Å². The van der Waals surface area contributed by atoms with Crippen LogP contribution in [0.2, 0.25) is 5.02 Å². The molecule has 2 aromatic rings. The van der Waals surface area contributed by atoms with Gasteiger partial charge in [0.15, 0.2) is 6.20 Å². The molecule has 34 heavy (non-hydrogen) atoms. The lowest BCUT2D eigenvalue weighted by molar-refractivity contribution is -0.698. The predicted molar refractivity (Wildman–Crippen MR) is 142 cm³/mol. The Morgan fingerprint density at radius 3 is 2.26 bits per heavy atom. The average Bonchev–Trinajstić information content (AvgIpc) is 2.83. The summed E-state index contributed by atoms with van der Waals surface area (Å²) >= 11 is 6.49. The molecule has 1 atom stereocenters. The summed E-state index contributed by atoms with van der Waals surface area (Å²) < 4.78 is 7.90. The van der Waals surface area contributed by atoms with Crippen LogP contribution in [-0.4, -0.2) is 12.5 Å². The normalized spacial score (nSPS) is 11.9. The van der Waals surface area contributed by atoms with Crippen LogP contribution in [0.1, 0.15) is 113 Å². The Bertz CT molecular complexity index is 856. The SMILES string of the molecule is CCCCCCCCCCCCOc1ccc(C(C)NC(=O)c2cccc[n+]2CCC)cc1Cl. The lowest BCUT2D eigenvalue weighted by Gasteiger charge is -2.16. The van der Waals surface area contributed by atoms with E-state index in [1.807, 2.05) is 54.1 Å². The van der Waals surface area contributed by atoms with Crippen molar-refractivity contribution in [3.8, 4) is 5.75 Å². The zero-order valence-corrected chi connectivity index (χ0v) is 22.2. The molecule has 1 unspecified atom stereocenters. The van der Waals surface area contributed by atoms with Crippen LogP contribution in [0, 0.1) is 0 Å². The number of nitrogens with zero attached hydrogens (tertiary/aromatic N) is 1. The number of ether oxygens (including phenoxy) is 1. The standard InChI is InChI=1S/C29H43ClN2O2/c1-4-6-7-8-9-10-11-12-13-16-22-34-28-19-18-25(23-26(28)30)24(3)31-29(33)27-17-14-15-21-32(27)20-5-2/h14-15,17-19,21,23-24H,4-13,16,20,22H2,1-3H3/p+1. The first-order chi connectivity index (χ1) is 16.6. The molecule has 0 aliphatic rings. The molecule has 0 aliphatic carbocycles. The van der Waals surface area contributed by atoms with Crippen molar-refractivity contribution in [2.75, 3.05) is 6.61 Å². The fourth-order valence-electron chi connectivity index (χ4n) is 4.15. The average molecular weight is 488 g/mol. The van der Waals surface area contributed by atoms with Gasteiger partial charge in [-0.1, -0.05) is 89.3 Å². The second-order valence-corrected chi connectivity index (χ2v) is 9.60. The number of rotatable bonds is 17. The third-order valence-electron chi connectivity index (χ3n) is 6.20. The summed E-state index contributed by atoms with van der Waals surface area (Å²) in [6, 6.07) is 11.3. The summed E-state index contributed by atoms with van der Waals surface area (Å²) in [6.45, 7) is 7.84. The van der Waals surface area contributed by atoms with Crippen molar-refractivity contribution in [2.24, 2.45) is 0 Å². The zero-order valence-electron chi connectivity index (χ0n) is 21.5. The number of unbranched alkanes of at least 4 members (excludes halogenated alkanes) is 9. The van der Waals surface area contributed by atoms with Gasteiger partial charge < -0.3 is 10.1 Å². The fourth-order valence-corrected chi connectivity index (χ4v) is 4.39. The largest absolute Gasteiger partial charge is 0.492 e. The number of nitrogens with one attached hydrogen (secondary N) is 1.